The first-order valence-electron chi connectivity index (χ1n) is 0.871. The summed E-state index contributed by atoms with van der Waals surface area (Å²) in [7, 11) is -0.130. The second kappa shape index (κ2) is 15.9. The molecule has 0 fully saturated rings. The second-order valence-electron chi connectivity index (χ2n) is 0.250. The van der Waals surface area contributed by atoms with Crippen LogP contribution in [0.5, 0.6) is 0 Å². The van der Waals surface area contributed by atoms with E-state index in [0.29, 0.717) is 0 Å². The topological polar surface area (TPSA) is 87.0 Å². The fourth-order valence-corrected chi connectivity index (χ4v) is 0. The fraction of sp³-hybridized carbons (Fsp3) is 0. The molecule has 0 radical (unpaired) electrons. The molecule has 7 heteroatoms. The molecule has 0 aliphatic carbocycles. The Balaban J connectivity index is -0.0000000480. The number of hydrogen-bond donors (Lipinski definition) is 0. The Morgan fingerprint density at radius 3 is 1.43 bits per heavy atom. The summed E-state index contributed by atoms with van der Waals surface area (Å²) in [5, 5.41) is 6.50. The van der Waals surface area contributed by atoms with E-state index in [1.165, 1.54) is 0 Å². The Bertz CT molecular complexity index is 59.2. The Morgan fingerprint density at radius 2 is 1.43 bits per heavy atom. The van der Waals surface area contributed by atoms with E-state index in [1.807, 2.05) is 0 Å². The van der Waals surface area contributed by atoms with Gasteiger partial charge in [0.1, 0.15) is 0 Å². The summed E-state index contributed by atoms with van der Waals surface area (Å²) in [4.78, 5) is 17.0. The van der Waals surface area contributed by atoms with E-state index in [1.54, 1.807) is 0 Å². The van der Waals surface area contributed by atoms with Crippen LogP contribution in [0.25, 0.3) is 0 Å². The van der Waals surface area contributed by atoms with E-state index in [-0.39, 0.29) is 37.7 Å². The third-order valence-corrected chi connectivity index (χ3v) is 0. The molecular formula is BCaNO3Si. The molecule has 0 unspecified atom stereocenters. The van der Waals surface area contributed by atoms with Crippen molar-refractivity contribution in [2.75, 3.05) is 0 Å². The van der Waals surface area contributed by atoms with Crippen molar-refractivity contribution in [2.45, 2.75) is 0 Å². The quantitative estimate of drug-likeness (QED) is 0.326. The Labute approximate surface area is 73.1 Å². The predicted octanol–water partition coefficient (Wildman–Crippen LogP) is -3.62. The van der Waals surface area contributed by atoms with E-state index in [2.05, 4.69) is 7.49 Å². The maximum Gasteiger partial charge on any atom is 2.00 e. The molecule has 32 valence electrons. The van der Waals surface area contributed by atoms with Crippen LogP contribution in [0, 0.1) is 5.16 Å². The largest absolute Gasteiger partial charge is 2.00 e. The van der Waals surface area contributed by atoms with Crippen molar-refractivity contribution >= 4 is 54.4 Å². The van der Waals surface area contributed by atoms with Crippen LogP contribution in [0.2, 0.25) is 0 Å². The molecular weight excluding hydrogens is 141 g/mol. The minimum absolute atomic E-state index is 0. The molecule has 0 N–H and O–H groups in total. The summed E-state index contributed by atoms with van der Waals surface area (Å²) in [6, 6.07) is 0. The molecule has 0 saturated carbocycles. The zero-order valence-corrected chi connectivity index (χ0v) is 6.66. The fourth-order valence-electron chi connectivity index (χ4n) is 0. The van der Waals surface area contributed by atoms with E-state index < -0.39 is 9.17 Å². The molecule has 0 aliphatic heterocycles. The SMILES string of the molecule is B#N.O=[Si]([O-])[O-].[Ca+2]. The third-order valence-electron chi connectivity index (χ3n) is 0. The van der Waals surface area contributed by atoms with Gasteiger partial charge in [-0.3, -0.25) is 0 Å². The third kappa shape index (κ3) is 339. The second-order valence-corrected chi connectivity index (χ2v) is 0.750. The van der Waals surface area contributed by atoms with Crippen molar-refractivity contribution in [2.24, 2.45) is 0 Å². The molecule has 0 aliphatic rings. The van der Waals surface area contributed by atoms with E-state index in [0.717, 1.165) is 0 Å². The van der Waals surface area contributed by atoms with Gasteiger partial charge in [0.05, 0.1) is 0 Å². The minimum atomic E-state index is -3.63. The van der Waals surface area contributed by atoms with Crippen molar-refractivity contribution in [3.05, 3.63) is 0 Å². The first-order chi connectivity index (χ1) is 2.73. The number of rotatable bonds is 0. The molecule has 0 bridgehead atoms. The van der Waals surface area contributed by atoms with Crippen LogP contribution < -0.4 is 9.59 Å². The maximum absolute atomic E-state index is 8.52. The Hall–Kier alpha value is 0.652. The Morgan fingerprint density at radius 1 is 1.43 bits per heavy atom. The van der Waals surface area contributed by atoms with Crippen LogP contribution in [0.3, 0.4) is 0 Å². The summed E-state index contributed by atoms with van der Waals surface area (Å²) < 4.78 is 8.52. The average molecular weight is 141 g/mol. The van der Waals surface area contributed by atoms with Crippen LogP contribution in [0.4, 0.5) is 0 Å². The predicted molar refractivity (Wildman–Crippen MR) is 19.7 cm³/mol. The van der Waals surface area contributed by atoms with Gasteiger partial charge in [0, 0.05) is 9.17 Å². The van der Waals surface area contributed by atoms with Gasteiger partial charge >= 0.3 is 50.4 Å². The summed E-state index contributed by atoms with van der Waals surface area (Å²) in [6.45, 7) is 0. The van der Waals surface area contributed by atoms with Gasteiger partial charge in [-0.05, 0) is 0 Å². The summed E-state index contributed by atoms with van der Waals surface area (Å²) in [6.07, 6.45) is 0. The normalized spacial score (nSPS) is 4.14. The average Bonchev–Trinajstić information content (AvgIpc) is 1.41. The molecule has 0 rings (SSSR count). The van der Waals surface area contributed by atoms with Crippen LogP contribution in [0.15, 0.2) is 0 Å². The molecule has 0 spiro atoms. The summed E-state index contributed by atoms with van der Waals surface area (Å²) in [5.41, 5.74) is 0. The van der Waals surface area contributed by atoms with Crippen LogP contribution >= 0.6 is 0 Å². The van der Waals surface area contributed by atoms with Crippen LogP contribution in [0.1, 0.15) is 0 Å². The molecule has 0 heterocycles. The number of nitrogens with zero attached hydrogens (tertiary/aromatic N) is 1. The zero-order valence-electron chi connectivity index (χ0n) is 3.46. The molecule has 0 saturated heterocycles. The molecule has 0 aromatic heterocycles. The summed E-state index contributed by atoms with van der Waals surface area (Å²) in [5.74, 6) is 0. The van der Waals surface area contributed by atoms with Crippen molar-refractivity contribution < 1.29 is 14.1 Å². The Kier molecular flexibility index (Phi) is 35.6. The van der Waals surface area contributed by atoms with Gasteiger partial charge in [-0.1, -0.05) is 0 Å². The van der Waals surface area contributed by atoms with E-state index >= 15 is 0 Å². The van der Waals surface area contributed by atoms with Gasteiger partial charge in [0.15, 0.2) is 0 Å². The van der Waals surface area contributed by atoms with Crippen molar-refractivity contribution in [1.29, 1.82) is 5.16 Å². The van der Waals surface area contributed by atoms with Gasteiger partial charge in [-0.15, -0.1) is 0 Å². The minimum Gasteiger partial charge on any atom is -0.672 e. The van der Waals surface area contributed by atoms with Crippen LogP contribution in [-0.2, 0) is 4.46 Å². The molecule has 0 aromatic carbocycles. The van der Waals surface area contributed by atoms with Crippen LogP contribution in [-0.4, -0.2) is 54.4 Å². The molecule has 4 nitrogen and oxygen atoms in total. The summed E-state index contributed by atoms with van der Waals surface area (Å²) >= 11 is 0. The van der Waals surface area contributed by atoms with E-state index in [4.69, 9.17) is 19.2 Å². The maximum atomic E-state index is 8.52. The smallest absolute Gasteiger partial charge is 0.672 e. The number of hydrogen-bond acceptors (Lipinski definition) is 4. The van der Waals surface area contributed by atoms with Crippen molar-refractivity contribution in [3.8, 4) is 0 Å². The zero-order chi connectivity index (χ0) is 5.58. The van der Waals surface area contributed by atoms with Gasteiger partial charge in [-0.25, -0.2) is 0 Å². The first kappa shape index (κ1) is 15.6. The van der Waals surface area contributed by atoms with Crippen molar-refractivity contribution in [3.63, 3.8) is 0 Å². The monoisotopic (exact) mass is 141 g/mol. The molecule has 7 heavy (non-hydrogen) atoms. The standard InChI is InChI=1S/BN.Ca.O3Si/c1-2;;1-4(2)3/q;+2;-2. The van der Waals surface area contributed by atoms with Gasteiger partial charge in [0.2, 0.25) is 0 Å². The van der Waals surface area contributed by atoms with E-state index in [9.17, 15) is 0 Å². The first-order valence-corrected chi connectivity index (χ1v) is 2.10. The van der Waals surface area contributed by atoms with Gasteiger partial charge in [-0.2, -0.15) is 0 Å². The van der Waals surface area contributed by atoms with Gasteiger partial charge < -0.3 is 14.1 Å². The molecule has 0 atom stereocenters. The van der Waals surface area contributed by atoms with Gasteiger partial charge in [0.25, 0.3) is 0 Å². The molecule has 0 amide bonds. The van der Waals surface area contributed by atoms with Crippen molar-refractivity contribution in [1.82, 2.24) is 0 Å². The molecule has 0 aromatic rings.